The second-order valence-electron chi connectivity index (χ2n) is 5.40. The molecule has 0 unspecified atom stereocenters. The zero-order valence-electron chi connectivity index (χ0n) is 13.0. The second kappa shape index (κ2) is 8.09. The van der Waals surface area contributed by atoms with Crippen molar-refractivity contribution in [2.24, 2.45) is 0 Å². The van der Waals surface area contributed by atoms with Crippen molar-refractivity contribution < 1.29 is 4.74 Å². The van der Waals surface area contributed by atoms with Gasteiger partial charge in [-0.05, 0) is 47.5 Å². The molecule has 3 aromatic carbocycles. The van der Waals surface area contributed by atoms with Crippen LogP contribution in [0.5, 0.6) is 5.75 Å². The second-order valence-corrected chi connectivity index (χ2v) is 6.22. The van der Waals surface area contributed by atoms with Gasteiger partial charge in [-0.25, -0.2) is 0 Å². The number of rotatable bonds is 6. The maximum Gasteiger partial charge on any atom is 0.119 e. The Labute approximate surface area is 152 Å². The summed E-state index contributed by atoms with van der Waals surface area (Å²) >= 11 is 11.9. The maximum absolute atomic E-state index is 6.01. The molecule has 0 amide bonds. The lowest BCUT2D eigenvalue weighted by molar-refractivity contribution is 0.306. The number of ether oxygens (including phenoxy) is 1. The smallest absolute Gasteiger partial charge is 0.119 e. The molecule has 4 heteroatoms. The number of hydrogen-bond donors (Lipinski definition) is 1. The fourth-order valence-electron chi connectivity index (χ4n) is 2.26. The minimum absolute atomic E-state index is 0.457. The molecular weight excluding hydrogens is 341 g/mol. The molecule has 0 radical (unpaired) electrons. The summed E-state index contributed by atoms with van der Waals surface area (Å²) in [7, 11) is 0. The predicted octanol–water partition coefficient (Wildman–Crippen LogP) is 6.18. The van der Waals surface area contributed by atoms with Gasteiger partial charge in [0.05, 0.1) is 10.0 Å². The topological polar surface area (TPSA) is 21.3 Å². The van der Waals surface area contributed by atoms with Crippen LogP contribution in [0.2, 0.25) is 10.0 Å². The number of benzene rings is 3. The first-order valence-corrected chi connectivity index (χ1v) is 8.41. The first-order valence-electron chi connectivity index (χ1n) is 7.65. The van der Waals surface area contributed by atoms with Gasteiger partial charge >= 0.3 is 0 Å². The van der Waals surface area contributed by atoms with Crippen LogP contribution in [-0.2, 0) is 13.2 Å². The van der Waals surface area contributed by atoms with Crippen LogP contribution in [0.1, 0.15) is 11.1 Å². The third kappa shape index (κ3) is 4.67. The molecule has 0 aliphatic heterocycles. The van der Waals surface area contributed by atoms with Crippen LogP contribution in [0, 0.1) is 0 Å². The van der Waals surface area contributed by atoms with Crippen molar-refractivity contribution >= 4 is 28.9 Å². The first-order chi connectivity index (χ1) is 11.7. The highest BCUT2D eigenvalue weighted by atomic mass is 35.5. The van der Waals surface area contributed by atoms with Gasteiger partial charge < -0.3 is 10.1 Å². The molecule has 0 heterocycles. The van der Waals surface area contributed by atoms with Gasteiger partial charge in [0.15, 0.2) is 0 Å². The number of hydrogen-bond acceptors (Lipinski definition) is 2. The lowest BCUT2D eigenvalue weighted by Gasteiger charge is -2.09. The van der Waals surface area contributed by atoms with Gasteiger partial charge in [-0.1, -0.05) is 59.6 Å². The lowest BCUT2D eigenvalue weighted by Crippen LogP contribution is -1.99. The molecule has 0 fully saturated rings. The average molecular weight is 358 g/mol. The van der Waals surface area contributed by atoms with E-state index >= 15 is 0 Å². The molecule has 0 aliphatic carbocycles. The minimum atomic E-state index is 0.457. The fourth-order valence-corrected chi connectivity index (χ4v) is 2.58. The van der Waals surface area contributed by atoms with Gasteiger partial charge in [0, 0.05) is 12.2 Å². The molecule has 0 atom stereocenters. The van der Waals surface area contributed by atoms with Crippen LogP contribution >= 0.6 is 23.2 Å². The molecule has 0 saturated carbocycles. The van der Waals surface area contributed by atoms with E-state index in [-0.39, 0.29) is 0 Å². The molecule has 122 valence electrons. The molecule has 0 aromatic heterocycles. The van der Waals surface area contributed by atoms with E-state index in [1.165, 1.54) is 5.56 Å². The number of halogens is 2. The third-order valence-corrected chi connectivity index (χ3v) is 4.32. The van der Waals surface area contributed by atoms with Crippen molar-refractivity contribution in [3.8, 4) is 5.75 Å². The largest absolute Gasteiger partial charge is 0.489 e. The van der Waals surface area contributed by atoms with Crippen molar-refractivity contribution in [3.63, 3.8) is 0 Å². The molecule has 3 aromatic rings. The maximum atomic E-state index is 6.01. The quantitative estimate of drug-likeness (QED) is 0.568. The highest BCUT2D eigenvalue weighted by molar-refractivity contribution is 6.42. The van der Waals surface area contributed by atoms with E-state index < -0.39 is 0 Å². The summed E-state index contributed by atoms with van der Waals surface area (Å²) < 4.78 is 5.78. The summed E-state index contributed by atoms with van der Waals surface area (Å²) in [5, 5.41) is 4.48. The summed E-state index contributed by atoms with van der Waals surface area (Å²) in [6.45, 7) is 1.23. The summed E-state index contributed by atoms with van der Waals surface area (Å²) in [5.74, 6) is 0.824. The van der Waals surface area contributed by atoms with Crippen molar-refractivity contribution in [2.75, 3.05) is 5.32 Å². The van der Waals surface area contributed by atoms with E-state index in [4.69, 9.17) is 27.9 Å². The Bertz CT molecular complexity index is 788. The van der Waals surface area contributed by atoms with Crippen molar-refractivity contribution in [2.45, 2.75) is 13.2 Å². The Morgan fingerprint density at radius 3 is 2.17 bits per heavy atom. The molecule has 0 spiro atoms. The Hall–Kier alpha value is -2.16. The van der Waals surface area contributed by atoms with E-state index in [2.05, 4.69) is 29.6 Å². The van der Waals surface area contributed by atoms with Gasteiger partial charge in [-0.3, -0.25) is 0 Å². The molecular formula is C20H17Cl2NO. The summed E-state index contributed by atoms with van der Waals surface area (Å²) in [5.41, 5.74) is 3.29. The van der Waals surface area contributed by atoms with Crippen LogP contribution in [-0.4, -0.2) is 0 Å². The van der Waals surface area contributed by atoms with E-state index in [0.29, 0.717) is 16.7 Å². The van der Waals surface area contributed by atoms with Crippen LogP contribution < -0.4 is 10.1 Å². The monoisotopic (exact) mass is 357 g/mol. The van der Waals surface area contributed by atoms with Gasteiger partial charge in [-0.2, -0.15) is 0 Å². The Kier molecular flexibility index (Phi) is 5.63. The van der Waals surface area contributed by atoms with Crippen LogP contribution in [0.4, 0.5) is 5.69 Å². The standard InChI is InChI=1S/C20H17Cl2NO/c21-19-11-8-16(12-20(19)22)14-24-18-9-6-15(7-10-18)13-23-17-4-2-1-3-5-17/h1-12,23H,13-14H2. The SMILES string of the molecule is Clc1ccc(COc2ccc(CNc3ccccc3)cc2)cc1Cl. The summed E-state index contributed by atoms with van der Waals surface area (Å²) in [6.07, 6.45) is 0. The Morgan fingerprint density at radius 1 is 0.750 bits per heavy atom. The van der Waals surface area contributed by atoms with Gasteiger partial charge in [0.2, 0.25) is 0 Å². The van der Waals surface area contributed by atoms with Gasteiger partial charge in [0.25, 0.3) is 0 Å². The lowest BCUT2D eigenvalue weighted by atomic mass is 10.2. The molecule has 0 saturated heterocycles. The van der Waals surface area contributed by atoms with Crippen molar-refractivity contribution in [3.05, 3.63) is 94.0 Å². The number of anilines is 1. The third-order valence-electron chi connectivity index (χ3n) is 3.58. The average Bonchev–Trinajstić information content (AvgIpc) is 2.63. The fraction of sp³-hybridized carbons (Fsp3) is 0.100. The zero-order valence-corrected chi connectivity index (χ0v) is 14.5. The van der Waals surface area contributed by atoms with E-state index in [1.807, 2.05) is 42.5 Å². The number of para-hydroxylation sites is 1. The van der Waals surface area contributed by atoms with Gasteiger partial charge in [0.1, 0.15) is 12.4 Å². The molecule has 1 N–H and O–H groups in total. The first kappa shape index (κ1) is 16.7. The molecule has 24 heavy (non-hydrogen) atoms. The highest BCUT2D eigenvalue weighted by Gasteiger charge is 2.01. The molecule has 0 bridgehead atoms. The van der Waals surface area contributed by atoms with E-state index in [1.54, 1.807) is 6.07 Å². The van der Waals surface area contributed by atoms with E-state index in [0.717, 1.165) is 23.5 Å². The Balaban J connectivity index is 1.53. The molecule has 0 aliphatic rings. The van der Waals surface area contributed by atoms with Crippen LogP contribution in [0.25, 0.3) is 0 Å². The summed E-state index contributed by atoms with van der Waals surface area (Å²) in [4.78, 5) is 0. The predicted molar refractivity (Wildman–Crippen MR) is 101 cm³/mol. The highest BCUT2D eigenvalue weighted by Crippen LogP contribution is 2.23. The Morgan fingerprint density at radius 2 is 1.46 bits per heavy atom. The van der Waals surface area contributed by atoms with E-state index in [9.17, 15) is 0 Å². The van der Waals surface area contributed by atoms with Crippen LogP contribution in [0.15, 0.2) is 72.8 Å². The normalized spacial score (nSPS) is 10.4. The summed E-state index contributed by atoms with van der Waals surface area (Å²) in [6, 6.07) is 23.7. The van der Waals surface area contributed by atoms with Crippen molar-refractivity contribution in [1.82, 2.24) is 0 Å². The zero-order chi connectivity index (χ0) is 16.8. The van der Waals surface area contributed by atoms with Crippen LogP contribution in [0.3, 0.4) is 0 Å². The van der Waals surface area contributed by atoms with Crippen molar-refractivity contribution in [1.29, 1.82) is 0 Å². The molecule has 3 rings (SSSR count). The van der Waals surface area contributed by atoms with Gasteiger partial charge in [-0.15, -0.1) is 0 Å². The number of nitrogens with one attached hydrogen (secondary N) is 1. The minimum Gasteiger partial charge on any atom is -0.489 e. The molecule has 2 nitrogen and oxygen atoms in total.